The smallest absolute Gasteiger partial charge is 0.240 e. The molecule has 0 heterocycles. The number of carbonyl (C=O) groups excluding carboxylic acids is 2. The van der Waals surface area contributed by atoms with Gasteiger partial charge in [-0.1, -0.05) is 70.7 Å². The van der Waals surface area contributed by atoms with Crippen LogP contribution in [0.2, 0.25) is 20.1 Å². The first-order chi connectivity index (χ1) is 14.4. The molecule has 6 nitrogen and oxygen atoms in total. The van der Waals surface area contributed by atoms with Crippen molar-refractivity contribution in [2.45, 2.75) is 25.7 Å². The Bertz CT molecular complexity index is 886. The summed E-state index contributed by atoms with van der Waals surface area (Å²) in [6, 6.07) is 10.2. The molecule has 0 saturated carbocycles. The van der Waals surface area contributed by atoms with Gasteiger partial charge in [0.2, 0.25) is 11.8 Å². The van der Waals surface area contributed by atoms with Gasteiger partial charge < -0.3 is 0 Å². The lowest BCUT2D eigenvalue weighted by Gasteiger charge is -2.02. The quantitative estimate of drug-likeness (QED) is 0.279. The summed E-state index contributed by atoms with van der Waals surface area (Å²) in [6.45, 7) is 0. The number of nitrogens with one attached hydrogen (secondary N) is 2. The lowest BCUT2D eigenvalue weighted by molar-refractivity contribution is -0.123. The molecule has 0 aliphatic carbocycles. The molecule has 2 rings (SSSR count). The van der Waals surface area contributed by atoms with Gasteiger partial charge in [-0.25, -0.2) is 10.9 Å². The summed E-state index contributed by atoms with van der Waals surface area (Å²) in [4.78, 5) is 23.6. The second kappa shape index (κ2) is 12.5. The van der Waals surface area contributed by atoms with Crippen LogP contribution in [0.4, 0.5) is 0 Å². The van der Waals surface area contributed by atoms with Crippen molar-refractivity contribution < 1.29 is 9.59 Å². The van der Waals surface area contributed by atoms with Gasteiger partial charge in [0.15, 0.2) is 0 Å². The molecule has 2 amide bonds. The van der Waals surface area contributed by atoms with Gasteiger partial charge in [0.25, 0.3) is 0 Å². The molecule has 30 heavy (non-hydrogen) atoms. The molecule has 0 saturated heterocycles. The maximum atomic E-state index is 11.8. The van der Waals surface area contributed by atoms with Crippen LogP contribution in [0.15, 0.2) is 46.6 Å². The summed E-state index contributed by atoms with van der Waals surface area (Å²) >= 11 is 23.9. The fourth-order valence-corrected chi connectivity index (χ4v) is 2.98. The van der Waals surface area contributed by atoms with Gasteiger partial charge in [-0.05, 0) is 25.0 Å². The van der Waals surface area contributed by atoms with Gasteiger partial charge in [0.1, 0.15) is 0 Å². The Kier molecular flexibility index (Phi) is 10.1. The molecular weight excluding hydrogens is 470 g/mol. The molecule has 0 fully saturated rings. The number of rotatable bonds is 9. The Hall–Kier alpha value is -2.12. The lowest BCUT2D eigenvalue weighted by atomic mass is 10.2. The highest BCUT2D eigenvalue weighted by atomic mass is 35.5. The van der Waals surface area contributed by atoms with Crippen molar-refractivity contribution >= 4 is 70.6 Å². The first-order valence-corrected chi connectivity index (χ1v) is 10.4. The van der Waals surface area contributed by atoms with E-state index in [1.54, 1.807) is 36.4 Å². The number of hydrogen-bond donors (Lipinski definition) is 2. The second-order valence-electron chi connectivity index (χ2n) is 6.08. The predicted molar refractivity (Wildman–Crippen MR) is 123 cm³/mol. The summed E-state index contributed by atoms with van der Waals surface area (Å²) in [7, 11) is 0. The van der Waals surface area contributed by atoms with E-state index in [0.29, 0.717) is 44.1 Å². The molecule has 10 heteroatoms. The summed E-state index contributed by atoms with van der Waals surface area (Å²) < 4.78 is 0. The molecule has 2 aromatic rings. The van der Waals surface area contributed by atoms with E-state index in [0.717, 1.165) is 0 Å². The van der Waals surface area contributed by atoms with Crippen LogP contribution in [-0.2, 0) is 9.59 Å². The number of hydrazone groups is 2. The molecule has 0 aromatic heterocycles. The molecule has 0 aliphatic heterocycles. The van der Waals surface area contributed by atoms with Gasteiger partial charge in [-0.3, -0.25) is 9.59 Å². The Morgan fingerprint density at radius 3 is 1.53 bits per heavy atom. The first kappa shape index (κ1) is 24.2. The monoisotopic (exact) mass is 486 g/mol. The second-order valence-corrected chi connectivity index (χ2v) is 7.65. The van der Waals surface area contributed by atoms with Crippen molar-refractivity contribution in [3.05, 3.63) is 67.6 Å². The Morgan fingerprint density at radius 2 is 1.13 bits per heavy atom. The third-order valence-corrected chi connectivity index (χ3v) is 5.47. The molecule has 0 unspecified atom stereocenters. The maximum Gasteiger partial charge on any atom is 0.240 e. The molecule has 158 valence electrons. The largest absolute Gasteiger partial charge is 0.273 e. The lowest BCUT2D eigenvalue weighted by Crippen LogP contribution is -2.19. The van der Waals surface area contributed by atoms with Crippen LogP contribution in [-0.4, -0.2) is 24.2 Å². The highest BCUT2D eigenvalue weighted by Crippen LogP contribution is 2.24. The molecule has 0 spiro atoms. The van der Waals surface area contributed by atoms with Crippen LogP contribution in [0, 0.1) is 0 Å². The standard InChI is InChI=1S/C20H18Cl4N4O2/c21-15-7-3-5-13(19(15)23)11-25-27-17(29)9-1-2-10-18(30)28-26-12-14-6-4-8-16(22)20(14)24/h3-8,11-12H,1-2,9-10H2,(H,27,29)(H,28,30). The molecule has 0 radical (unpaired) electrons. The highest BCUT2D eigenvalue weighted by molar-refractivity contribution is 6.44. The van der Waals surface area contributed by atoms with Crippen molar-refractivity contribution in [3.8, 4) is 0 Å². The minimum Gasteiger partial charge on any atom is -0.273 e. The van der Waals surface area contributed by atoms with E-state index >= 15 is 0 Å². The van der Waals surface area contributed by atoms with Crippen molar-refractivity contribution in [1.82, 2.24) is 10.9 Å². The SMILES string of the molecule is O=C(CCCCC(=O)NN=Cc1cccc(Cl)c1Cl)NN=Cc1cccc(Cl)c1Cl. The third kappa shape index (κ3) is 7.95. The summed E-state index contributed by atoms with van der Waals surface area (Å²) in [5.41, 5.74) is 6.02. The number of halogens is 4. The van der Waals surface area contributed by atoms with Gasteiger partial charge in [-0.15, -0.1) is 0 Å². The summed E-state index contributed by atoms with van der Waals surface area (Å²) in [5.74, 6) is -0.531. The Morgan fingerprint density at radius 1 is 0.733 bits per heavy atom. The molecule has 0 bridgehead atoms. The van der Waals surface area contributed by atoms with Gasteiger partial charge in [0.05, 0.1) is 32.5 Å². The number of amides is 2. The summed E-state index contributed by atoms with van der Waals surface area (Å²) in [6.07, 6.45) is 4.35. The van der Waals surface area contributed by atoms with Crippen LogP contribution >= 0.6 is 46.4 Å². The average molecular weight is 488 g/mol. The van der Waals surface area contributed by atoms with Crippen molar-refractivity contribution in [2.24, 2.45) is 10.2 Å². The Labute approximate surface area is 194 Å². The molecule has 2 N–H and O–H groups in total. The zero-order chi connectivity index (χ0) is 21.9. The first-order valence-electron chi connectivity index (χ1n) is 8.90. The third-order valence-electron chi connectivity index (χ3n) is 3.81. The molecule has 0 aliphatic rings. The maximum absolute atomic E-state index is 11.8. The minimum atomic E-state index is -0.265. The number of benzene rings is 2. The van der Waals surface area contributed by atoms with E-state index in [-0.39, 0.29) is 24.7 Å². The normalized spacial score (nSPS) is 11.2. The van der Waals surface area contributed by atoms with Crippen molar-refractivity contribution in [1.29, 1.82) is 0 Å². The summed E-state index contributed by atoms with van der Waals surface area (Å²) in [5, 5.41) is 9.25. The van der Waals surface area contributed by atoms with E-state index in [9.17, 15) is 9.59 Å². The van der Waals surface area contributed by atoms with Gasteiger partial charge in [0, 0.05) is 24.0 Å². The van der Waals surface area contributed by atoms with Crippen LogP contribution in [0.25, 0.3) is 0 Å². The fraction of sp³-hybridized carbons (Fsp3) is 0.200. The number of nitrogens with zero attached hydrogens (tertiary/aromatic N) is 2. The van der Waals surface area contributed by atoms with Gasteiger partial charge in [-0.2, -0.15) is 10.2 Å². The number of unbranched alkanes of at least 4 members (excludes halogenated alkanes) is 1. The van der Waals surface area contributed by atoms with Crippen LogP contribution in [0.5, 0.6) is 0 Å². The average Bonchev–Trinajstić information content (AvgIpc) is 2.71. The zero-order valence-corrected chi connectivity index (χ0v) is 18.7. The Balaban J connectivity index is 1.64. The minimum absolute atomic E-state index is 0.231. The fourth-order valence-electron chi connectivity index (χ4n) is 2.27. The van der Waals surface area contributed by atoms with E-state index < -0.39 is 0 Å². The van der Waals surface area contributed by atoms with E-state index in [2.05, 4.69) is 21.1 Å². The van der Waals surface area contributed by atoms with Crippen LogP contribution < -0.4 is 10.9 Å². The zero-order valence-electron chi connectivity index (χ0n) is 15.7. The highest BCUT2D eigenvalue weighted by Gasteiger charge is 2.05. The molecular formula is C20H18Cl4N4O2. The van der Waals surface area contributed by atoms with Crippen LogP contribution in [0.3, 0.4) is 0 Å². The topological polar surface area (TPSA) is 82.9 Å². The van der Waals surface area contributed by atoms with E-state index in [1.165, 1.54) is 12.4 Å². The van der Waals surface area contributed by atoms with Gasteiger partial charge >= 0.3 is 0 Å². The number of carbonyl (C=O) groups is 2. The number of hydrogen-bond acceptors (Lipinski definition) is 4. The van der Waals surface area contributed by atoms with E-state index in [4.69, 9.17) is 46.4 Å². The van der Waals surface area contributed by atoms with Crippen LogP contribution in [0.1, 0.15) is 36.8 Å². The predicted octanol–water partition coefficient (Wildman–Crippen LogP) is 5.46. The van der Waals surface area contributed by atoms with Crippen molar-refractivity contribution in [3.63, 3.8) is 0 Å². The molecule has 2 aromatic carbocycles. The van der Waals surface area contributed by atoms with Crippen molar-refractivity contribution in [2.75, 3.05) is 0 Å². The van der Waals surface area contributed by atoms with E-state index in [1.807, 2.05) is 0 Å². The molecule has 0 atom stereocenters.